The number of carbonyl (C=O) groups excluding carboxylic acids is 2. The molecule has 1 fully saturated rings. The lowest BCUT2D eigenvalue weighted by atomic mass is 9.98. The van der Waals surface area contributed by atoms with Crippen molar-refractivity contribution in [1.29, 1.82) is 0 Å². The van der Waals surface area contributed by atoms with Crippen LogP contribution in [0.2, 0.25) is 0 Å². The summed E-state index contributed by atoms with van der Waals surface area (Å²) in [7, 11) is 1.64. The summed E-state index contributed by atoms with van der Waals surface area (Å²) < 4.78 is 0. The maximum absolute atomic E-state index is 12.2. The Kier molecular flexibility index (Phi) is 4.98. The highest BCUT2D eigenvalue weighted by atomic mass is 16.4. The normalized spacial score (nSPS) is 22.3. The average Bonchev–Trinajstić information content (AvgIpc) is 3.00. The van der Waals surface area contributed by atoms with E-state index in [-0.39, 0.29) is 30.8 Å². The number of amides is 2. The second kappa shape index (κ2) is 6.74. The highest BCUT2D eigenvalue weighted by Crippen LogP contribution is 2.20. The Morgan fingerprint density at radius 2 is 1.90 bits per heavy atom. The molecule has 0 radical (unpaired) electrons. The Balaban J connectivity index is 1.85. The Bertz CT molecular complexity index is 453. The molecule has 2 amide bonds. The molecule has 1 aliphatic carbocycles. The summed E-state index contributed by atoms with van der Waals surface area (Å²) in [5.41, 5.74) is 0. The summed E-state index contributed by atoms with van der Waals surface area (Å²) >= 11 is 0. The molecule has 1 heterocycles. The fraction of sp³-hybridized carbons (Fsp3) is 0.667. The van der Waals surface area contributed by atoms with E-state index >= 15 is 0 Å². The Morgan fingerprint density at radius 1 is 1.24 bits per heavy atom. The lowest BCUT2D eigenvalue weighted by molar-refractivity contribution is -0.147. The van der Waals surface area contributed by atoms with Gasteiger partial charge in [-0.25, -0.2) is 0 Å². The maximum atomic E-state index is 12.2. The minimum Gasteiger partial charge on any atom is -0.481 e. The number of hydrogen-bond donors (Lipinski definition) is 1. The largest absolute Gasteiger partial charge is 0.481 e. The van der Waals surface area contributed by atoms with E-state index < -0.39 is 11.9 Å². The third kappa shape index (κ3) is 3.83. The summed E-state index contributed by atoms with van der Waals surface area (Å²) in [5, 5.41) is 9.04. The van der Waals surface area contributed by atoms with E-state index in [4.69, 9.17) is 5.11 Å². The van der Waals surface area contributed by atoms with Crippen molar-refractivity contribution in [3.8, 4) is 0 Å². The standard InChI is InChI=1S/C15H22N2O4/c1-16(14(19)11-5-2-3-6-11)10-13(18)17-8-4-7-12(9-17)15(20)21/h2-3,11-12H,4-10H2,1H3,(H,20,21)/t12-/m0/s1. The lowest BCUT2D eigenvalue weighted by Crippen LogP contribution is -2.47. The van der Waals surface area contributed by atoms with Crippen LogP contribution in [-0.4, -0.2) is 59.4 Å². The fourth-order valence-electron chi connectivity index (χ4n) is 2.92. The second-order valence-electron chi connectivity index (χ2n) is 5.85. The number of carbonyl (C=O) groups is 3. The number of hydrogen-bond acceptors (Lipinski definition) is 3. The molecule has 1 saturated heterocycles. The summed E-state index contributed by atoms with van der Waals surface area (Å²) in [6.45, 7) is 0.860. The van der Waals surface area contributed by atoms with E-state index in [1.807, 2.05) is 12.2 Å². The molecule has 0 aromatic heterocycles. The van der Waals surface area contributed by atoms with Crippen molar-refractivity contribution in [2.24, 2.45) is 11.8 Å². The van der Waals surface area contributed by atoms with Crippen LogP contribution < -0.4 is 0 Å². The molecule has 6 heteroatoms. The van der Waals surface area contributed by atoms with Crippen molar-refractivity contribution >= 4 is 17.8 Å². The van der Waals surface area contributed by atoms with Gasteiger partial charge >= 0.3 is 5.97 Å². The first-order chi connectivity index (χ1) is 9.99. The van der Waals surface area contributed by atoms with Crippen molar-refractivity contribution in [2.45, 2.75) is 25.7 Å². The van der Waals surface area contributed by atoms with Crippen LogP contribution in [0, 0.1) is 11.8 Å². The van der Waals surface area contributed by atoms with Crippen LogP contribution in [-0.2, 0) is 14.4 Å². The molecule has 2 aliphatic rings. The van der Waals surface area contributed by atoms with Crippen LogP contribution in [0.1, 0.15) is 25.7 Å². The summed E-state index contributed by atoms with van der Waals surface area (Å²) in [4.78, 5) is 38.4. The van der Waals surface area contributed by atoms with Crippen LogP contribution in [0.4, 0.5) is 0 Å². The quantitative estimate of drug-likeness (QED) is 0.776. The third-order valence-corrected chi connectivity index (χ3v) is 4.23. The van der Waals surface area contributed by atoms with Crippen LogP contribution in [0.15, 0.2) is 12.2 Å². The molecule has 2 rings (SSSR count). The van der Waals surface area contributed by atoms with Crippen LogP contribution in [0.25, 0.3) is 0 Å². The van der Waals surface area contributed by atoms with Gasteiger partial charge in [0.1, 0.15) is 0 Å². The van der Waals surface area contributed by atoms with E-state index in [9.17, 15) is 14.4 Å². The molecule has 1 atom stereocenters. The van der Waals surface area contributed by atoms with Gasteiger partial charge in [-0.1, -0.05) is 12.2 Å². The van der Waals surface area contributed by atoms with E-state index in [2.05, 4.69) is 0 Å². The van der Waals surface area contributed by atoms with Crippen molar-refractivity contribution < 1.29 is 19.5 Å². The van der Waals surface area contributed by atoms with Crippen LogP contribution in [0.3, 0.4) is 0 Å². The van der Waals surface area contributed by atoms with Gasteiger partial charge in [-0.3, -0.25) is 14.4 Å². The molecule has 6 nitrogen and oxygen atoms in total. The molecule has 0 aromatic carbocycles. The van der Waals surface area contributed by atoms with Gasteiger partial charge in [-0.2, -0.15) is 0 Å². The number of aliphatic carboxylic acids is 1. The van der Waals surface area contributed by atoms with Crippen molar-refractivity contribution in [2.75, 3.05) is 26.7 Å². The van der Waals surface area contributed by atoms with Gasteiger partial charge in [-0.15, -0.1) is 0 Å². The first-order valence-electron chi connectivity index (χ1n) is 7.39. The van der Waals surface area contributed by atoms with Gasteiger partial charge in [-0.05, 0) is 25.7 Å². The summed E-state index contributed by atoms with van der Waals surface area (Å²) in [6.07, 6.45) is 6.76. The summed E-state index contributed by atoms with van der Waals surface area (Å²) in [6, 6.07) is 0. The van der Waals surface area contributed by atoms with E-state index in [1.54, 1.807) is 11.9 Å². The number of carboxylic acids is 1. The SMILES string of the molecule is CN(CC(=O)N1CCC[C@H](C(=O)O)C1)C(=O)C1CC=CC1. The molecule has 0 aromatic rings. The predicted molar refractivity (Wildman–Crippen MR) is 76.4 cm³/mol. The van der Waals surface area contributed by atoms with Crippen LogP contribution in [0.5, 0.6) is 0 Å². The Labute approximate surface area is 124 Å². The number of likely N-dealkylation sites (N-methyl/N-ethyl adjacent to an activating group) is 1. The Morgan fingerprint density at radius 3 is 2.52 bits per heavy atom. The number of rotatable bonds is 4. The number of nitrogens with zero attached hydrogens (tertiary/aromatic N) is 2. The number of carboxylic acid groups (broad SMARTS) is 1. The number of piperidine rings is 1. The first-order valence-corrected chi connectivity index (χ1v) is 7.39. The first kappa shape index (κ1) is 15.5. The lowest BCUT2D eigenvalue weighted by Gasteiger charge is -2.32. The highest BCUT2D eigenvalue weighted by molar-refractivity contribution is 5.86. The minimum absolute atomic E-state index is 0.0138. The maximum Gasteiger partial charge on any atom is 0.308 e. The molecule has 116 valence electrons. The molecule has 0 saturated carbocycles. The van der Waals surface area contributed by atoms with Gasteiger partial charge in [0.05, 0.1) is 12.5 Å². The van der Waals surface area contributed by atoms with E-state index in [0.717, 1.165) is 12.8 Å². The third-order valence-electron chi connectivity index (χ3n) is 4.23. The van der Waals surface area contributed by atoms with Crippen LogP contribution >= 0.6 is 0 Å². The predicted octanol–water partition coefficient (Wildman–Crippen LogP) is 0.734. The zero-order valence-electron chi connectivity index (χ0n) is 12.3. The van der Waals surface area contributed by atoms with Crippen molar-refractivity contribution in [3.63, 3.8) is 0 Å². The van der Waals surface area contributed by atoms with Gasteiger partial charge < -0.3 is 14.9 Å². The molecular formula is C15H22N2O4. The number of allylic oxidation sites excluding steroid dienone is 2. The zero-order chi connectivity index (χ0) is 15.4. The fourth-order valence-corrected chi connectivity index (χ4v) is 2.92. The van der Waals surface area contributed by atoms with Crippen molar-refractivity contribution in [1.82, 2.24) is 9.80 Å². The van der Waals surface area contributed by atoms with E-state index in [0.29, 0.717) is 19.4 Å². The molecule has 0 bridgehead atoms. The molecular weight excluding hydrogens is 272 g/mol. The van der Waals surface area contributed by atoms with Gasteiger partial charge in [0.15, 0.2) is 0 Å². The smallest absolute Gasteiger partial charge is 0.308 e. The molecule has 0 spiro atoms. The second-order valence-corrected chi connectivity index (χ2v) is 5.85. The molecule has 1 aliphatic heterocycles. The van der Waals surface area contributed by atoms with Gasteiger partial charge in [0.25, 0.3) is 0 Å². The summed E-state index contributed by atoms with van der Waals surface area (Å²) in [5.74, 6) is -1.56. The van der Waals surface area contributed by atoms with Crippen molar-refractivity contribution in [3.05, 3.63) is 12.2 Å². The Hall–Kier alpha value is -1.85. The molecule has 21 heavy (non-hydrogen) atoms. The van der Waals surface area contributed by atoms with E-state index in [1.165, 1.54) is 4.90 Å². The minimum atomic E-state index is -0.853. The molecule has 0 unspecified atom stereocenters. The molecule has 1 N–H and O–H groups in total. The monoisotopic (exact) mass is 294 g/mol. The van der Waals surface area contributed by atoms with Gasteiger partial charge in [0, 0.05) is 26.1 Å². The number of likely N-dealkylation sites (tertiary alicyclic amines) is 1. The van der Waals surface area contributed by atoms with Gasteiger partial charge in [0.2, 0.25) is 11.8 Å². The average molecular weight is 294 g/mol. The highest BCUT2D eigenvalue weighted by Gasteiger charge is 2.30. The topological polar surface area (TPSA) is 77.9 Å². The zero-order valence-corrected chi connectivity index (χ0v) is 12.3.